The van der Waals surface area contributed by atoms with Crippen LogP contribution in [0.5, 0.6) is 0 Å². The lowest BCUT2D eigenvalue weighted by Crippen LogP contribution is -2.43. The third kappa shape index (κ3) is 1.91. The van der Waals surface area contributed by atoms with E-state index >= 15 is 0 Å². The molecule has 0 spiro atoms. The molecule has 0 saturated heterocycles. The van der Waals surface area contributed by atoms with E-state index in [-0.39, 0.29) is 11.1 Å². The predicted octanol–water partition coefficient (Wildman–Crippen LogP) is 3.94. The fourth-order valence-corrected chi connectivity index (χ4v) is 2.73. The number of alkyl halides is 2. The van der Waals surface area contributed by atoms with Gasteiger partial charge in [0.05, 0.1) is 28.5 Å². The quantitative estimate of drug-likeness (QED) is 0.683. The highest BCUT2D eigenvalue weighted by atomic mass is 19.3. The second-order valence-electron chi connectivity index (χ2n) is 6.04. The van der Waals surface area contributed by atoms with Crippen LogP contribution in [0, 0.1) is 0 Å². The Bertz CT molecular complexity index is 944. The molecule has 2 aromatic heterocycles. The van der Waals surface area contributed by atoms with E-state index in [0.717, 1.165) is 11.8 Å². The normalized spacial score (nSPS) is 18.5. The third-order valence-corrected chi connectivity index (χ3v) is 4.11. The molecular weight excluding hydrogens is 300 g/mol. The lowest BCUT2D eigenvalue weighted by Gasteiger charge is -2.34. The maximum absolute atomic E-state index is 14.5. The van der Waals surface area contributed by atoms with Gasteiger partial charge in [0.15, 0.2) is 0 Å². The molecule has 6 heteroatoms. The summed E-state index contributed by atoms with van der Waals surface area (Å²) in [6.07, 6.45) is 3.92. The van der Waals surface area contributed by atoms with Crippen LogP contribution in [0.25, 0.3) is 11.0 Å². The number of fused-ring (bicyclic) bond motifs is 2. The first kappa shape index (κ1) is 14.0. The van der Waals surface area contributed by atoms with Crippen LogP contribution >= 0.6 is 0 Å². The highest BCUT2D eigenvalue weighted by molar-refractivity contribution is 6.13. The molecule has 0 unspecified atom stereocenters. The minimum absolute atomic E-state index is 0.164. The molecule has 0 atom stereocenters. The summed E-state index contributed by atoms with van der Waals surface area (Å²) in [5.41, 5.74) is 0.767. The smallest absolute Gasteiger partial charge is 0.301 e. The molecule has 116 valence electrons. The Morgan fingerprint density at radius 3 is 2.57 bits per heavy atom. The van der Waals surface area contributed by atoms with Gasteiger partial charge in [0.25, 0.3) is 0 Å². The molecule has 3 heterocycles. The van der Waals surface area contributed by atoms with Crippen molar-refractivity contribution in [3.05, 3.63) is 59.8 Å². The fraction of sp³-hybridized carbons (Fsp3) is 0.235. The minimum Gasteiger partial charge on any atom is -0.471 e. The van der Waals surface area contributed by atoms with Gasteiger partial charge >= 0.3 is 5.92 Å². The first-order valence-corrected chi connectivity index (χ1v) is 7.17. The van der Waals surface area contributed by atoms with Gasteiger partial charge in [-0.3, -0.25) is 9.98 Å². The minimum atomic E-state index is -3.11. The van der Waals surface area contributed by atoms with Crippen LogP contribution in [-0.4, -0.2) is 21.2 Å². The standard InChI is InChI=1S/C17H13F2N3O/c1-16(2)17(18,19)11-9-23-8-10(11)15(22-16)14-7-20-12-5-3-4-6-13(12)21-14/h3-9H,1-2H3. The van der Waals surface area contributed by atoms with Crippen LogP contribution in [0.15, 0.2) is 52.4 Å². The largest absolute Gasteiger partial charge is 0.471 e. The van der Waals surface area contributed by atoms with Crippen molar-refractivity contribution < 1.29 is 13.2 Å². The zero-order chi connectivity index (χ0) is 16.2. The molecule has 0 N–H and O–H groups in total. The topological polar surface area (TPSA) is 51.3 Å². The molecule has 0 amide bonds. The van der Waals surface area contributed by atoms with Crippen LogP contribution in [-0.2, 0) is 5.92 Å². The molecule has 0 fully saturated rings. The molecule has 0 saturated carbocycles. The number of furan rings is 1. The van der Waals surface area contributed by atoms with Crippen LogP contribution in [0.2, 0.25) is 0 Å². The second-order valence-corrected chi connectivity index (χ2v) is 6.04. The van der Waals surface area contributed by atoms with Crippen molar-refractivity contribution in [1.29, 1.82) is 0 Å². The lowest BCUT2D eigenvalue weighted by atomic mass is 9.85. The highest BCUT2D eigenvalue weighted by Gasteiger charge is 2.54. The van der Waals surface area contributed by atoms with Crippen molar-refractivity contribution in [1.82, 2.24) is 9.97 Å². The summed E-state index contributed by atoms with van der Waals surface area (Å²) in [7, 11) is 0. The van der Waals surface area contributed by atoms with Gasteiger partial charge in [-0.25, -0.2) is 4.98 Å². The van der Waals surface area contributed by atoms with Gasteiger partial charge in [-0.05, 0) is 26.0 Å². The summed E-state index contributed by atoms with van der Waals surface area (Å²) >= 11 is 0. The van der Waals surface area contributed by atoms with Gasteiger partial charge in [0.2, 0.25) is 0 Å². The van der Waals surface area contributed by atoms with Gasteiger partial charge in [-0.2, -0.15) is 8.78 Å². The molecule has 23 heavy (non-hydrogen) atoms. The second kappa shape index (κ2) is 4.44. The van der Waals surface area contributed by atoms with E-state index in [1.807, 2.05) is 24.3 Å². The van der Waals surface area contributed by atoms with Crippen molar-refractivity contribution in [3.8, 4) is 0 Å². The van der Waals surface area contributed by atoms with Gasteiger partial charge in [0, 0.05) is 5.56 Å². The van der Waals surface area contributed by atoms with E-state index in [2.05, 4.69) is 15.0 Å². The molecule has 1 aliphatic rings. The molecule has 1 aromatic carbocycles. The number of para-hydroxylation sites is 2. The first-order valence-electron chi connectivity index (χ1n) is 7.17. The highest BCUT2D eigenvalue weighted by Crippen LogP contribution is 2.47. The van der Waals surface area contributed by atoms with E-state index in [0.29, 0.717) is 16.9 Å². The molecule has 1 aliphatic heterocycles. The van der Waals surface area contributed by atoms with Gasteiger partial charge < -0.3 is 4.42 Å². The Kier molecular flexibility index (Phi) is 2.70. The molecule has 0 radical (unpaired) electrons. The molecule has 0 aliphatic carbocycles. The average molecular weight is 313 g/mol. The summed E-state index contributed by atoms with van der Waals surface area (Å²) in [4.78, 5) is 13.1. The summed E-state index contributed by atoms with van der Waals surface area (Å²) in [6.45, 7) is 2.80. The lowest BCUT2D eigenvalue weighted by molar-refractivity contribution is -0.0685. The van der Waals surface area contributed by atoms with Gasteiger partial charge in [0.1, 0.15) is 23.8 Å². The number of rotatable bonds is 1. The van der Waals surface area contributed by atoms with Crippen LogP contribution in [0.3, 0.4) is 0 Å². The van der Waals surface area contributed by atoms with Crippen LogP contribution < -0.4 is 0 Å². The summed E-state index contributed by atoms with van der Waals surface area (Å²) in [5.74, 6) is -3.11. The number of nitrogens with zero attached hydrogens (tertiary/aromatic N) is 3. The zero-order valence-electron chi connectivity index (χ0n) is 12.5. The Balaban J connectivity index is 1.95. The molecule has 3 aromatic rings. The van der Waals surface area contributed by atoms with Gasteiger partial charge in [-0.15, -0.1) is 0 Å². The predicted molar refractivity (Wildman–Crippen MR) is 81.9 cm³/mol. The average Bonchev–Trinajstić information content (AvgIpc) is 3.01. The van der Waals surface area contributed by atoms with Crippen molar-refractivity contribution in [2.45, 2.75) is 25.3 Å². The Labute approximate surface area is 130 Å². The van der Waals surface area contributed by atoms with E-state index in [9.17, 15) is 8.78 Å². The number of aliphatic imine (C=N–C) groups is 1. The fourth-order valence-electron chi connectivity index (χ4n) is 2.73. The Morgan fingerprint density at radius 2 is 1.78 bits per heavy atom. The van der Waals surface area contributed by atoms with E-state index in [1.165, 1.54) is 20.1 Å². The number of hydrogen-bond acceptors (Lipinski definition) is 4. The monoisotopic (exact) mass is 313 g/mol. The van der Waals surface area contributed by atoms with Gasteiger partial charge in [-0.1, -0.05) is 12.1 Å². The molecule has 4 nitrogen and oxygen atoms in total. The van der Waals surface area contributed by atoms with E-state index < -0.39 is 11.5 Å². The Hall–Kier alpha value is -2.63. The third-order valence-electron chi connectivity index (χ3n) is 4.11. The maximum atomic E-state index is 14.5. The summed E-state index contributed by atoms with van der Waals surface area (Å²) in [6, 6.07) is 7.39. The molecule has 4 rings (SSSR count). The number of halogens is 2. The van der Waals surface area contributed by atoms with E-state index in [4.69, 9.17) is 4.42 Å². The Morgan fingerprint density at radius 1 is 1.04 bits per heavy atom. The van der Waals surface area contributed by atoms with Crippen molar-refractivity contribution in [2.24, 2.45) is 4.99 Å². The number of benzene rings is 1. The summed E-state index contributed by atoms with van der Waals surface area (Å²) < 4.78 is 34.1. The molecular formula is C17H13F2N3O. The van der Waals surface area contributed by atoms with Crippen molar-refractivity contribution in [3.63, 3.8) is 0 Å². The van der Waals surface area contributed by atoms with Crippen LogP contribution in [0.1, 0.15) is 30.7 Å². The molecule has 0 bridgehead atoms. The number of hydrogen-bond donors (Lipinski definition) is 0. The van der Waals surface area contributed by atoms with E-state index in [1.54, 1.807) is 6.20 Å². The van der Waals surface area contributed by atoms with Crippen molar-refractivity contribution in [2.75, 3.05) is 0 Å². The van der Waals surface area contributed by atoms with Crippen molar-refractivity contribution >= 4 is 16.7 Å². The summed E-state index contributed by atoms with van der Waals surface area (Å²) in [5, 5.41) is 0. The maximum Gasteiger partial charge on any atom is 0.301 e. The number of aromatic nitrogens is 2. The van der Waals surface area contributed by atoms with Crippen LogP contribution in [0.4, 0.5) is 8.78 Å². The first-order chi connectivity index (χ1) is 10.9. The zero-order valence-corrected chi connectivity index (χ0v) is 12.5. The SMILES string of the molecule is CC1(C)N=C(c2cnc3ccccc3n2)c2cocc2C1(F)F.